The van der Waals surface area contributed by atoms with Crippen LogP contribution in [0, 0.1) is 26.6 Å². The lowest BCUT2D eigenvalue weighted by Crippen LogP contribution is -2.13. The van der Waals surface area contributed by atoms with E-state index in [-0.39, 0.29) is 17.4 Å². The van der Waals surface area contributed by atoms with Crippen LogP contribution in [-0.4, -0.2) is 12.4 Å². The zero-order chi connectivity index (χ0) is 15.6. The van der Waals surface area contributed by atoms with E-state index in [1.807, 2.05) is 32.9 Å². The summed E-state index contributed by atoms with van der Waals surface area (Å²) in [6.07, 6.45) is 0. The summed E-state index contributed by atoms with van der Waals surface area (Å²) in [5.74, 6) is -0.271. The van der Waals surface area contributed by atoms with Gasteiger partial charge in [-0.3, -0.25) is 4.79 Å². The molecule has 0 aliphatic rings. The van der Waals surface area contributed by atoms with Gasteiger partial charge in [-0.25, -0.2) is 4.39 Å². The summed E-state index contributed by atoms with van der Waals surface area (Å²) < 4.78 is 18.3. The Labute approximate surface area is 128 Å². The summed E-state index contributed by atoms with van der Waals surface area (Å²) in [6.45, 7) is 5.73. The predicted octanol–water partition coefficient (Wildman–Crippen LogP) is 4.67. The van der Waals surface area contributed by atoms with Gasteiger partial charge in [0.05, 0.1) is 5.02 Å². The SMILES string of the molecule is Cc1cc(C)c(C(=O)COc2ccc(F)cc2Cl)cc1C. The molecule has 0 fully saturated rings. The van der Waals surface area contributed by atoms with Crippen LogP contribution in [0.4, 0.5) is 4.39 Å². The van der Waals surface area contributed by atoms with Gasteiger partial charge in [-0.1, -0.05) is 17.7 Å². The highest BCUT2D eigenvalue weighted by Crippen LogP contribution is 2.25. The Morgan fingerprint density at radius 1 is 1.10 bits per heavy atom. The van der Waals surface area contributed by atoms with Crippen LogP contribution in [0.15, 0.2) is 30.3 Å². The van der Waals surface area contributed by atoms with Gasteiger partial charge in [0.15, 0.2) is 12.4 Å². The van der Waals surface area contributed by atoms with Gasteiger partial charge in [0, 0.05) is 5.56 Å². The Balaban J connectivity index is 2.13. The van der Waals surface area contributed by atoms with Crippen LogP contribution in [0.1, 0.15) is 27.0 Å². The number of ether oxygens (including phenoxy) is 1. The highest BCUT2D eigenvalue weighted by Gasteiger charge is 2.12. The maximum Gasteiger partial charge on any atom is 0.200 e. The molecule has 0 aliphatic carbocycles. The summed E-state index contributed by atoms with van der Waals surface area (Å²) in [6, 6.07) is 7.66. The quantitative estimate of drug-likeness (QED) is 0.768. The van der Waals surface area contributed by atoms with E-state index < -0.39 is 5.82 Å². The maximum absolute atomic E-state index is 12.9. The van der Waals surface area contributed by atoms with E-state index in [1.165, 1.54) is 12.1 Å². The Morgan fingerprint density at radius 3 is 2.43 bits per heavy atom. The number of hydrogen-bond acceptors (Lipinski definition) is 2. The summed E-state index contributed by atoms with van der Waals surface area (Å²) >= 11 is 5.86. The molecule has 0 radical (unpaired) electrons. The number of aryl methyl sites for hydroxylation is 3. The Bertz CT molecular complexity index is 695. The van der Waals surface area contributed by atoms with Crippen LogP contribution in [-0.2, 0) is 0 Å². The third-order valence-electron chi connectivity index (χ3n) is 3.39. The van der Waals surface area contributed by atoms with Crippen LogP contribution < -0.4 is 4.74 Å². The van der Waals surface area contributed by atoms with Gasteiger partial charge in [-0.05, 0) is 61.7 Å². The molecule has 0 saturated heterocycles. The maximum atomic E-state index is 12.9. The standard InChI is InChI=1S/C17H16ClFO2/c1-10-6-12(3)14(7-11(10)2)16(20)9-21-17-5-4-13(19)8-15(17)18/h4-8H,9H2,1-3H3. The first-order chi connectivity index (χ1) is 9.88. The molecule has 0 heterocycles. The molecule has 21 heavy (non-hydrogen) atoms. The number of carbonyl (C=O) groups excluding carboxylic acids is 1. The highest BCUT2D eigenvalue weighted by atomic mass is 35.5. The summed E-state index contributed by atoms with van der Waals surface area (Å²) in [7, 11) is 0. The molecule has 0 aromatic heterocycles. The van der Waals surface area contributed by atoms with E-state index in [9.17, 15) is 9.18 Å². The topological polar surface area (TPSA) is 26.3 Å². The highest BCUT2D eigenvalue weighted by molar-refractivity contribution is 6.32. The number of carbonyl (C=O) groups is 1. The zero-order valence-electron chi connectivity index (χ0n) is 12.2. The Kier molecular flexibility index (Phi) is 4.63. The van der Waals surface area contributed by atoms with Crippen molar-refractivity contribution in [3.8, 4) is 5.75 Å². The molecule has 0 saturated carbocycles. The van der Waals surface area contributed by atoms with E-state index in [1.54, 1.807) is 0 Å². The van der Waals surface area contributed by atoms with Crippen molar-refractivity contribution in [1.29, 1.82) is 0 Å². The molecule has 2 nitrogen and oxygen atoms in total. The lowest BCUT2D eigenvalue weighted by molar-refractivity contribution is 0.0921. The number of ketones is 1. The molecular weight excluding hydrogens is 291 g/mol. The van der Waals surface area contributed by atoms with Gasteiger partial charge >= 0.3 is 0 Å². The van der Waals surface area contributed by atoms with Crippen molar-refractivity contribution >= 4 is 17.4 Å². The van der Waals surface area contributed by atoms with Crippen LogP contribution in [0.2, 0.25) is 5.02 Å². The molecule has 0 N–H and O–H groups in total. The molecule has 2 aromatic carbocycles. The van der Waals surface area contributed by atoms with Crippen molar-refractivity contribution in [1.82, 2.24) is 0 Å². The zero-order valence-corrected chi connectivity index (χ0v) is 12.9. The molecule has 0 unspecified atom stereocenters. The first-order valence-electron chi connectivity index (χ1n) is 6.57. The van der Waals surface area contributed by atoms with Gasteiger partial charge in [-0.2, -0.15) is 0 Å². The molecule has 2 aromatic rings. The van der Waals surface area contributed by atoms with Crippen molar-refractivity contribution in [2.45, 2.75) is 20.8 Å². The van der Waals surface area contributed by atoms with E-state index in [2.05, 4.69) is 0 Å². The normalized spacial score (nSPS) is 10.5. The average molecular weight is 307 g/mol. The molecule has 0 aliphatic heterocycles. The number of benzene rings is 2. The van der Waals surface area contributed by atoms with Gasteiger partial charge in [0.2, 0.25) is 0 Å². The molecule has 0 bridgehead atoms. The van der Waals surface area contributed by atoms with E-state index >= 15 is 0 Å². The van der Waals surface area contributed by atoms with Crippen molar-refractivity contribution in [2.75, 3.05) is 6.61 Å². The van der Waals surface area contributed by atoms with Crippen molar-refractivity contribution in [3.05, 3.63) is 63.4 Å². The fraction of sp³-hybridized carbons (Fsp3) is 0.235. The average Bonchev–Trinajstić information content (AvgIpc) is 2.41. The number of rotatable bonds is 4. The summed E-state index contributed by atoms with van der Waals surface area (Å²) in [5.41, 5.74) is 3.75. The number of hydrogen-bond donors (Lipinski definition) is 0. The third-order valence-corrected chi connectivity index (χ3v) is 3.69. The van der Waals surface area contributed by atoms with Crippen molar-refractivity contribution in [3.63, 3.8) is 0 Å². The van der Waals surface area contributed by atoms with Crippen molar-refractivity contribution < 1.29 is 13.9 Å². The van der Waals surface area contributed by atoms with Crippen molar-refractivity contribution in [2.24, 2.45) is 0 Å². The number of Topliss-reactive ketones (excluding diaryl/α,β-unsaturated/α-hetero) is 1. The Hall–Kier alpha value is -1.87. The summed E-state index contributed by atoms with van der Waals surface area (Å²) in [5, 5.41) is 0.152. The molecule has 0 amide bonds. The lowest BCUT2D eigenvalue weighted by atomic mass is 9.98. The minimum atomic E-state index is -0.441. The first-order valence-corrected chi connectivity index (χ1v) is 6.95. The second kappa shape index (κ2) is 6.27. The minimum absolute atomic E-state index is 0.129. The van der Waals surface area contributed by atoms with Crippen LogP contribution >= 0.6 is 11.6 Å². The molecule has 2 rings (SSSR count). The minimum Gasteiger partial charge on any atom is -0.484 e. The van der Waals surface area contributed by atoms with E-state index in [0.717, 1.165) is 22.8 Å². The van der Waals surface area contributed by atoms with E-state index in [0.29, 0.717) is 11.3 Å². The monoisotopic (exact) mass is 306 g/mol. The smallest absolute Gasteiger partial charge is 0.200 e. The summed E-state index contributed by atoms with van der Waals surface area (Å²) in [4.78, 5) is 12.2. The molecule has 0 atom stereocenters. The van der Waals surface area contributed by atoms with Gasteiger partial charge < -0.3 is 4.74 Å². The molecule has 4 heteroatoms. The third kappa shape index (κ3) is 3.61. The lowest BCUT2D eigenvalue weighted by Gasteiger charge is -2.11. The van der Waals surface area contributed by atoms with Crippen LogP contribution in [0.3, 0.4) is 0 Å². The fourth-order valence-electron chi connectivity index (χ4n) is 2.07. The molecular formula is C17H16ClFO2. The van der Waals surface area contributed by atoms with Gasteiger partial charge in [0.1, 0.15) is 11.6 Å². The van der Waals surface area contributed by atoms with E-state index in [4.69, 9.17) is 16.3 Å². The first kappa shape index (κ1) is 15.5. The molecule has 0 spiro atoms. The van der Waals surface area contributed by atoms with Crippen LogP contribution in [0.5, 0.6) is 5.75 Å². The fourth-order valence-corrected chi connectivity index (χ4v) is 2.30. The largest absolute Gasteiger partial charge is 0.484 e. The number of halogens is 2. The second-order valence-electron chi connectivity index (χ2n) is 5.04. The van der Waals surface area contributed by atoms with Gasteiger partial charge in [0.25, 0.3) is 0 Å². The molecule has 110 valence electrons. The predicted molar refractivity (Wildman–Crippen MR) is 81.9 cm³/mol. The van der Waals surface area contributed by atoms with Gasteiger partial charge in [-0.15, -0.1) is 0 Å². The Morgan fingerprint density at radius 2 is 1.76 bits per heavy atom. The second-order valence-corrected chi connectivity index (χ2v) is 5.45. The van der Waals surface area contributed by atoms with Crippen LogP contribution in [0.25, 0.3) is 0 Å².